The van der Waals surface area contributed by atoms with Crippen LogP contribution in [0.4, 0.5) is 0 Å². The lowest BCUT2D eigenvalue weighted by molar-refractivity contribution is -0.166. The van der Waals surface area contributed by atoms with Crippen molar-refractivity contribution in [2.24, 2.45) is 0 Å². The van der Waals surface area contributed by atoms with Gasteiger partial charge in [0.1, 0.15) is 13.2 Å². The number of hydrogen-bond donors (Lipinski definition) is 0. The molecule has 0 radical (unpaired) electrons. The number of carbonyl (C=O) groups is 3. The highest BCUT2D eigenvalue weighted by molar-refractivity contribution is 5.72. The molecule has 0 aromatic rings. The Morgan fingerprint density at radius 2 is 0.754 bits per heavy atom. The first-order valence-corrected chi connectivity index (χ1v) is 24.1. The van der Waals surface area contributed by atoms with Crippen LogP contribution in [0, 0.1) is 0 Å². The van der Waals surface area contributed by atoms with Crippen LogP contribution >= 0.6 is 0 Å². The van der Waals surface area contributed by atoms with Gasteiger partial charge in [0, 0.05) is 12.8 Å². The number of unbranched alkanes of at least 4 members (excludes halogenated alkanes) is 25. The van der Waals surface area contributed by atoms with Gasteiger partial charge < -0.3 is 14.2 Å². The van der Waals surface area contributed by atoms with Crippen LogP contribution in [-0.4, -0.2) is 37.2 Å². The van der Waals surface area contributed by atoms with Crippen LogP contribution in [0.25, 0.3) is 0 Å². The number of rotatable bonds is 43. The highest BCUT2D eigenvalue weighted by Crippen LogP contribution is 2.15. The summed E-state index contributed by atoms with van der Waals surface area (Å²) < 4.78 is 16.6. The van der Waals surface area contributed by atoms with Crippen LogP contribution in [0.5, 0.6) is 0 Å². The monoisotopic (exact) mass is 799 g/mol. The Hall–Kier alpha value is -2.63. The van der Waals surface area contributed by atoms with Gasteiger partial charge in [-0.15, -0.1) is 0 Å². The summed E-state index contributed by atoms with van der Waals surface area (Å²) in [5.41, 5.74) is 0. The molecule has 0 bridgehead atoms. The fourth-order valence-electron chi connectivity index (χ4n) is 6.73. The Morgan fingerprint density at radius 1 is 0.386 bits per heavy atom. The van der Waals surface area contributed by atoms with Crippen molar-refractivity contribution in [2.45, 2.75) is 245 Å². The van der Waals surface area contributed by atoms with E-state index in [0.717, 1.165) is 64.2 Å². The smallest absolute Gasteiger partial charge is 0.309 e. The zero-order valence-electron chi connectivity index (χ0n) is 37.6. The van der Waals surface area contributed by atoms with Crippen molar-refractivity contribution >= 4 is 17.9 Å². The van der Waals surface area contributed by atoms with Gasteiger partial charge in [-0.3, -0.25) is 14.4 Å². The molecule has 0 fully saturated rings. The van der Waals surface area contributed by atoms with Gasteiger partial charge in [0.25, 0.3) is 0 Å². The van der Waals surface area contributed by atoms with E-state index in [2.05, 4.69) is 57.2 Å². The molecule has 330 valence electrons. The second kappa shape index (κ2) is 46.1. The molecule has 0 aliphatic carbocycles. The minimum absolute atomic E-state index is 0.102. The molecule has 0 spiro atoms. The largest absolute Gasteiger partial charge is 0.462 e. The van der Waals surface area contributed by atoms with E-state index in [9.17, 15) is 14.4 Å². The normalized spacial score (nSPS) is 12.4. The van der Waals surface area contributed by atoms with E-state index >= 15 is 0 Å². The van der Waals surface area contributed by atoms with E-state index in [-0.39, 0.29) is 31.6 Å². The van der Waals surface area contributed by atoms with E-state index < -0.39 is 12.1 Å². The number of allylic oxidation sites excluding steroid dienone is 7. The van der Waals surface area contributed by atoms with Gasteiger partial charge in [0.05, 0.1) is 6.42 Å². The summed E-state index contributed by atoms with van der Waals surface area (Å²) in [5.74, 6) is -1.04. The van der Waals surface area contributed by atoms with Crippen molar-refractivity contribution in [3.63, 3.8) is 0 Å². The van der Waals surface area contributed by atoms with Gasteiger partial charge in [-0.2, -0.15) is 0 Å². The summed E-state index contributed by atoms with van der Waals surface area (Å²) >= 11 is 0. The number of esters is 3. The third kappa shape index (κ3) is 44.3. The van der Waals surface area contributed by atoms with Crippen LogP contribution in [0.3, 0.4) is 0 Å². The molecule has 0 aromatic heterocycles. The molecule has 0 saturated heterocycles. The fourth-order valence-corrected chi connectivity index (χ4v) is 6.73. The van der Waals surface area contributed by atoms with Crippen LogP contribution in [0.2, 0.25) is 0 Å². The van der Waals surface area contributed by atoms with E-state index in [4.69, 9.17) is 14.2 Å². The molecular weight excluding hydrogens is 709 g/mol. The van der Waals surface area contributed by atoms with Crippen molar-refractivity contribution in [1.82, 2.24) is 0 Å². The molecule has 0 aliphatic heterocycles. The van der Waals surface area contributed by atoms with Gasteiger partial charge >= 0.3 is 17.9 Å². The maximum Gasteiger partial charge on any atom is 0.309 e. The van der Waals surface area contributed by atoms with Crippen molar-refractivity contribution in [3.8, 4) is 0 Å². The molecule has 0 N–H and O–H groups in total. The molecule has 0 rings (SSSR count). The van der Waals surface area contributed by atoms with E-state index in [1.54, 1.807) is 6.08 Å². The van der Waals surface area contributed by atoms with Crippen molar-refractivity contribution < 1.29 is 28.6 Å². The SMILES string of the molecule is CC/C=C\C/C=C\C/C=C\CC(=O)OCC(COC(=O)CCCCCCC/C=C\CCCCCCCCCCC)OC(=O)CCCCCCCCCCCCCC. The van der Waals surface area contributed by atoms with Crippen LogP contribution < -0.4 is 0 Å². The van der Waals surface area contributed by atoms with Crippen molar-refractivity contribution in [1.29, 1.82) is 0 Å². The summed E-state index contributed by atoms with van der Waals surface area (Å²) in [6.45, 7) is 6.42. The van der Waals surface area contributed by atoms with Crippen molar-refractivity contribution in [2.75, 3.05) is 13.2 Å². The van der Waals surface area contributed by atoms with Crippen LogP contribution in [0.15, 0.2) is 48.6 Å². The molecular formula is C51H90O6. The molecule has 6 heteroatoms. The third-order valence-electron chi connectivity index (χ3n) is 10.4. The average Bonchev–Trinajstić information content (AvgIpc) is 3.21. The summed E-state index contributed by atoms with van der Waals surface area (Å²) in [7, 11) is 0. The predicted molar refractivity (Wildman–Crippen MR) is 242 cm³/mol. The molecule has 0 amide bonds. The number of hydrogen-bond acceptors (Lipinski definition) is 6. The molecule has 0 saturated carbocycles. The fraction of sp³-hybridized carbons (Fsp3) is 0.784. The summed E-state index contributed by atoms with van der Waals surface area (Å²) in [5, 5.41) is 0. The Morgan fingerprint density at radius 3 is 1.21 bits per heavy atom. The zero-order chi connectivity index (χ0) is 41.5. The lowest BCUT2D eigenvalue weighted by Gasteiger charge is -2.18. The minimum atomic E-state index is -0.806. The quantitative estimate of drug-likeness (QED) is 0.0265. The first-order valence-electron chi connectivity index (χ1n) is 24.1. The highest BCUT2D eigenvalue weighted by atomic mass is 16.6. The molecule has 6 nitrogen and oxygen atoms in total. The first kappa shape index (κ1) is 54.4. The maximum absolute atomic E-state index is 12.7. The molecule has 0 heterocycles. The van der Waals surface area contributed by atoms with Crippen LogP contribution in [0.1, 0.15) is 239 Å². The number of ether oxygens (including phenoxy) is 3. The lowest BCUT2D eigenvalue weighted by Crippen LogP contribution is -2.30. The molecule has 1 atom stereocenters. The van der Waals surface area contributed by atoms with E-state index in [1.165, 1.54) is 135 Å². The number of carbonyl (C=O) groups excluding carboxylic acids is 3. The Balaban J connectivity index is 4.35. The molecule has 57 heavy (non-hydrogen) atoms. The van der Waals surface area contributed by atoms with Gasteiger partial charge in [0.15, 0.2) is 6.10 Å². The maximum atomic E-state index is 12.7. The van der Waals surface area contributed by atoms with Gasteiger partial charge in [-0.1, -0.05) is 211 Å². The Kier molecular flexibility index (Phi) is 43.9. The van der Waals surface area contributed by atoms with E-state index in [1.807, 2.05) is 6.08 Å². The highest BCUT2D eigenvalue weighted by Gasteiger charge is 2.19. The lowest BCUT2D eigenvalue weighted by atomic mass is 10.0. The summed E-state index contributed by atoms with van der Waals surface area (Å²) in [6, 6.07) is 0. The van der Waals surface area contributed by atoms with Crippen molar-refractivity contribution in [3.05, 3.63) is 48.6 Å². The standard InChI is InChI=1S/C51H90O6/c1-4-7-10-13-16-19-21-23-24-25-26-27-28-30-32-35-38-41-44-50(53)56-47-48(46-55-49(52)43-40-37-34-31-18-15-12-9-6-3)57-51(54)45-42-39-36-33-29-22-20-17-14-11-8-5-2/h9,12,18,26-27,31,37,40,48H,4-8,10-11,13-17,19-25,28-30,32-36,38-39,41-47H2,1-3H3/b12-9-,27-26-,31-18-,40-37-. The van der Waals surface area contributed by atoms with Gasteiger partial charge in [-0.05, 0) is 57.8 Å². The minimum Gasteiger partial charge on any atom is -0.462 e. The molecule has 0 aliphatic rings. The molecule has 0 aromatic carbocycles. The first-order chi connectivity index (χ1) is 28.0. The topological polar surface area (TPSA) is 78.9 Å². The van der Waals surface area contributed by atoms with E-state index in [0.29, 0.717) is 12.8 Å². The third-order valence-corrected chi connectivity index (χ3v) is 10.4. The van der Waals surface area contributed by atoms with Gasteiger partial charge in [-0.25, -0.2) is 0 Å². The summed E-state index contributed by atoms with van der Waals surface area (Å²) in [4.78, 5) is 37.7. The molecule has 1 unspecified atom stereocenters. The Bertz CT molecular complexity index is 1010. The van der Waals surface area contributed by atoms with Crippen LogP contribution in [-0.2, 0) is 28.6 Å². The second-order valence-corrected chi connectivity index (χ2v) is 16.0. The predicted octanol–water partition coefficient (Wildman–Crippen LogP) is 15.5. The Labute approximate surface area is 352 Å². The average molecular weight is 799 g/mol. The summed E-state index contributed by atoms with van der Waals surface area (Å²) in [6.07, 6.45) is 54.2. The van der Waals surface area contributed by atoms with Gasteiger partial charge in [0.2, 0.25) is 0 Å². The zero-order valence-corrected chi connectivity index (χ0v) is 37.6. The second-order valence-electron chi connectivity index (χ2n) is 16.0.